The van der Waals surface area contributed by atoms with Crippen molar-refractivity contribution in [1.29, 1.82) is 5.26 Å². The number of hydrogen-bond acceptors (Lipinski definition) is 7. The molecule has 4 N–H and O–H groups in total. The number of anilines is 2. The van der Waals surface area contributed by atoms with Crippen molar-refractivity contribution < 1.29 is 4.39 Å². The summed E-state index contributed by atoms with van der Waals surface area (Å²) in [6.07, 6.45) is 13.5. The smallest absolute Gasteiger partial charge is 0.123 e. The van der Waals surface area contributed by atoms with E-state index in [0.29, 0.717) is 33.6 Å². The number of hydrogen-bond donors (Lipinski definition) is 4. The Hall–Kier alpha value is -3.54. The van der Waals surface area contributed by atoms with Gasteiger partial charge in [-0.1, -0.05) is 43.0 Å². The molecule has 4 aliphatic rings. The summed E-state index contributed by atoms with van der Waals surface area (Å²) >= 11 is 6.79. The lowest BCUT2D eigenvalue weighted by Crippen LogP contribution is -2.38. The van der Waals surface area contributed by atoms with Crippen LogP contribution in [0.4, 0.5) is 15.8 Å². The molecule has 200 valence electrons. The molecule has 2 heterocycles. The zero-order chi connectivity index (χ0) is 26.6. The summed E-state index contributed by atoms with van der Waals surface area (Å²) < 4.78 is 13.8. The average Bonchev–Trinajstić information content (AvgIpc) is 3.86. The van der Waals surface area contributed by atoms with Crippen LogP contribution in [0.1, 0.15) is 68.5 Å². The van der Waals surface area contributed by atoms with Gasteiger partial charge in [0.25, 0.3) is 0 Å². The molecule has 3 aromatic rings. The molecule has 0 bridgehead atoms. The lowest BCUT2D eigenvalue weighted by atomic mass is 9.85. The van der Waals surface area contributed by atoms with Crippen molar-refractivity contribution in [2.75, 3.05) is 10.6 Å². The van der Waals surface area contributed by atoms with Crippen LogP contribution < -0.4 is 21.6 Å². The maximum atomic E-state index is 13.8. The quantitative estimate of drug-likeness (QED) is 0.270. The van der Waals surface area contributed by atoms with Crippen molar-refractivity contribution in [3.63, 3.8) is 0 Å². The number of rotatable bonds is 7. The molecule has 3 fully saturated rings. The number of pyridine rings is 1. The van der Waals surface area contributed by atoms with Crippen molar-refractivity contribution in [3.8, 4) is 6.07 Å². The van der Waals surface area contributed by atoms with Crippen LogP contribution in [0, 0.1) is 22.6 Å². The number of fused-ring (bicyclic) bond motifs is 1. The predicted molar refractivity (Wildman–Crippen MR) is 151 cm³/mol. The van der Waals surface area contributed by atoms with Gasteiger partial charge >= 0.3 is 0 Å². The second-order valence-corrected chi connectivity index (χ2v) is 11.8. The molecule has 1 aliphatic heterocycles. The minimum Gasteiger partial charge on any atom is -0.380 e. The van der Waals surface area contributed by atoms with Crippen molar-refractivity contribution in [2.45, 2.75) is 69.5 Å². The fourth-order valence-corrected chi connectivity index (χ4v) is 6.59. The fraction of sp³-hybridized carbons (Fsp3) is 0.400. The highest BCUT2D eigenvalue weighted by Gasteiger charge is 2.54. The van der Waals surface area contributed by atoms with Gasteiger partial charge in [0.15, 0.2) is 0 Å². The van der Waals surface area contributed by atoms with E-state index in [1.807, 2.05) is 12.1 Å². The van der Waals surface area contributed by atoms with Crippen LogP contribution in [-0.2, 0) is 0 Å². The second kappa shape index (κ2) is 9.58. The topological polar surface area (TPSA) is 88.0 Å². The normalized spacial score (nSPS) is 22.2. The fourth-order valence-electron chi connectivity index (χ4n) is 6.32. The summed E-state index contributed by atoms with van der Waals surface area (Å²) in [6, 6.07) is 13.3. The Morgan fingerprint density at radius 3 is 2.69 bits per heavy atom. The number of hydrazine groups is 2. The molecule has 2 atom stereocenters. The van der Waals surface area contributed by atoms with Gasteiger partial charge in [0.05, 0.1) is 33.5 Å². The van der Waals surface area contributed by atoms with E-state index in [-0.39, 0.29) is 11.9 Å². The van der Waals surface area contributed by atoms with Gasteiger partial charge in [-0.2, -0.15) is 5.26 Å². The van der Waals surface area contributed by atoms with E-state index in [0.717, 1.165) is 47.3 Å². The average molecular weight is 544 g/mol. The first kappa shape index (κ1) is 24.5. The number of nitrogens with one attached hydrogen (secondary N) is 4. The van der Waals surface area contributed by atoms with Gasteiger partial charge < -0.3 is 16.1 Å². The molecular formula is C30H31ClFN7. The molecule has 0 radical (unpaired) electrons. The summed E-state index contributed by atoms with van der Waals surface area (Å²) in [7, 11) is 0. The molecule has 7 nitrogen and oxygen atoms in total. The Bertz CT molecular complexity index is 1490. The molecular weight excluding hydrogens is 513 g/mol. The first-order valence-corrected chi connectivity index (χ1v) is 14.2. The number of nitriles is 1. The lowest BCUT2D eigenvalue weighted by molar-refractivity contribution is 0.260. The maximum absolute atomic E-state index is 13.8. The van der Waals surface area contributed by atoms with Crippen molar-refractivity contribution in [2.24, 2.45) is 5.41 Å². The van der Waals surface area contributed by atoms with Gasteiger partial charge in [0.1, 0.15) is 11.9 Å². The third-order valence-corrected chi connectivity index (χ3v) is 9.06. The van der Waals surface area contributed by atoms with E-state index in [2.05, 4.69) is 43.9 Å². The number of halogens is 2. The number of nitrogens with zero attached hydrogens (tertiary/aromatic N) is 3. The monoisotopic (exact) mass is 543 g/mol. The van der Waals surface area contributed by atoms with E-state index >= 15 is 0 Å². The van der Waals surface area contributed by atoms with E-state index in [1.165, 1.54) is 44.2 Å². The van der Waals surface area contributed by atoms with Crippen LogP contribution >= 0.6 is 11.6 Å². The van der Waals surface area contributed by atoms with Gasteiger partial charge in [0.2, 0.25) is 0 Å². The van der Waals surface area contributed by atoms with Gasteiger partial charge in [0, 0.05) is 35.6 Å². The van der Waals surface area contributed by atoms with Crippen LogP contribution in [0.15, 0.2) is 54.5 Å². The SMILES string of the molecule is N#Cc1cnc2c(Cl)cc(NC(C3=CN(C4CC4)NN3)c3ccc(F)cc3)cc2c1NC1CC12CCCCC2. The van der Waals surface area contributed by atoms with Crippen molar-refractivity contribution >= 4 is 33.9 Å². The van der Waals surface area contributed by atoms with Crippen molar-refractivity contribution in [3.05, 3.63) is 76.5 Å². The maximum Gasteiger partial charge on any atom is 0.123 e. The van der Waals surface area contributed by atoms with E-state index in [9.17, 15) is 9.65 Å². The Morgan fingerprint density at radius 2 is 1.95 bits per heavy atom. The zero-order valence-electron chi connectivity index (χ0n) is 21.6. The van der Waals surface area contributed by atoms with E-state index < -0.39 is 0 Å². The highest BCUT2D eigenvalue weighted by molar-refractivity contribution is 6.35. The van der Waals surface area contributed by atoms with E-state index in [1.54, 1.807) is 18.3 Å². The van der Waals surface area contributed by atoms with Crippen LogP contribution in [-0.4, -0.2) is 22.1 Å². The van der Waals surface area contributed by atoms with Gasteiger partial charge in [-0.05, 0) is 67.3 Å². The predicted octanol–water partition coefficient (Wildman–Crippen LogP) is 6.52. The van der Waals surface area contributed by atoms with Gasteiger partial charge in [-0.15, -0.1) is 5.53 Å². The third kappa shape index (κ3) is 4.64. The molecule has 0 amide bonds. The minimum absolute atomic E-state index is 0.279. The first-order chi connectivity index (χ1) is 19.0. The summed E-state index contributed by atoms with van der Waals surface area (Å²) in [5.41, 5.74) is 11.5. The van der Waals surface area contributed by atoms with Gasteiger partial charge in [-0.3, -0.25) is 9.99 Å². The van der Waals surface area contributed by atoms with Crippen LogP contribution in [0.25, 0.3) is 10.9 Å². The largest absolute Gasteiger partial charge is 0.380 e. The minimum atomic E-state index is -0.284. The molecule has 0 saturated heterocycles. The molecule has 3 aliphatic carbocycles. The summed E-state index contributed by atoms with van der Waals surface area (Å²) in [5, 5.41) is 20.7. The standard InChI is InChI=1S/C30H31ClFN7/c31-24-13-21(35-28(18-4-6-20(32)7-5-18)25-17-39(38-37-25)22-8-9-22)12-23-27(19(15-33)16-34-29(23)24)36-26-14-30(26)10-2-1-3-11-30/h4-7,12-13,16-17,22,26,28,35,37-38H,1-3,8-11,14H2,(H,34,36). The summed E-state index contributed by atoms with van der Waals surface area (Å²) in [6.45, 7) is 0. The Labute approximate surface area is 232 Å². The molecule has 1 aromatic heterocycles. The zero-order valence-corrected chi connectivity index (χ0v) is 22.4. The first-order valence-electron chi connectivity index (χ1n) is 13.9. The Morgan fingerprint density at radius 1 is 1.15 bits per heavy atom. The molecule has 7 rings (SSSR count). The number of benzene rings is 2. The second-order valence-electron chi connectivity index (χ2n) is 11.4. The van der Waals surface area contributed by atoms with Crippen LogP contribution in [0.3, 0.4) is 0 Å². The van der Waals surface area contributed by atoms with Crippen LogP contribution in [0.2, 0.25) is 5.02 Å². The van der Waals surface area contributed by atoms with Crippen LogP contribution in [0.5, 0.6) is 0 Å². The van der Waals surface area contributed by atoms with E-state index in [4.69, 9.17) is 11.6 Å². The Kier molecular flexibility index (Phi) is 6.02. The Balaban J connectivity index is 1.25. The summed E-state index contributed by atoms with van der Waals surface area (Å²) in [4.78, 5) is 4.54. The lowest BCUT2D eigenvalue weighted by Gasteiger charge is -2.24. The highest BCUT2D eigenvalue weighted by atomic mass is 35.5. The summed E-state index contributed by atoms with van der Waals surface area (Å²) in [5.74, 6) is -0.279. The molecule has 9 heteroatoms. The highest BCUT2D eigenvalue weighted by Crippen LogP contribution is 2.58. The molecule has 2 unspecified atom stereocenters. The number of aromatic nitrogens is 1. The van der Waals surface area contributed by atoms with Gasteiger partial charge in [-0.25, -0.2) is 4.39 Å². The molecule has 2 aromatic carbocycles. The molecule has 39 heavy (non-hydrogen) atoms. The molecule has 1 spiro atoms. The third-order valence-electron chi connectivity index (χ3n) is 8.78. The molecule has 3 saturated carbocycles. The van der Waals surface area contributed by atoms with Crippen molar-refractivity contribution in [1.82, 2.24) is 21.0 Å².